The molecule has 0 N–H and O–H groups in total. The van der Waals surface area contributed by atoms with Crippen molar-refractivity contribution in [2.75, 3.05) is 20.0 Å². The van der Waals surface area contributed by atoms with Crippen molar-refractivity contribution in [2.24, 2.45) is 0 Å². The minimum atomic E-state index is -0.531. The van der Waals surface area contributed by atoms with Gasteiger partial charge in [0.25, 0.3) is 0 Å². The molecule has 3 aromatic rings. The third-order valence-corrected chi connectivity index (χ3v) is 4.94. The molecule has 0 aromatic heterocycles. The first kappa shape index (κ1) is 23.1. The van der Waals surface area contributed by atoms with Gasteiger partial charge in [-0.1, -0.05) is 30.8 Å². The van der Waals surface area contributed by atoms with E-state index in [9.17, 15) is 9.59 Å². The molecule has 1 atom stereocenters. The van der Waals surface area contributed by atoms with Crippen LogP contribution in [0.1, 0.15) is 17.3 Å². The van der Waals surface area contributed by atoms with Crippen molar-refractivity contribution < 1.29 is 33.3 Å². The summed E-state index contributed by atoms with van der Waals surface area (Å²) in [7, 11) is 0. The lowest BCUT2D eigenvalue weighted by atomic mass is 10.1. The van der Waals surface area contributed by atoms with Gasteiger partial charge in [-0.3, -0.25) is 0 Å². The number of carbonyl (C=O) groups is 2. The van der Waals surface area contributed by atoms with Crippen molar-refractivity contribution in [2.45, 2.75) is 13.0 Å². The highest BCUT2D eigenvalue weighted by molar-refractivity contribution is 5.91. The molecule has 3 aromatic carbocycles. The maximum atomic E-state index is 12.4. The van der Waals surface area contributed by atoms with Crippen LogP contribution >= 0.6 is 0 Å². The zero-order valence-electron chi connectivity index (χ0n) is 18.7. The Bertz CT molecular complexity index is 1150. The highest BCUT2D eigenvalue weighted by Crippen LogP contribution is 2.25. The van der Waals surface area contributed by atoms with Gasteiger partial charge in [0.05, 0.1) is 12.2 Å². The number of hydrogen-bond donors (Lipinski definition) is 0. The van der Waals surface area contributed by atoms with E-state index in [1.807, 2.05) is 36.4 Å². The van der Waals surface area contributed by atoms with E-state index in [2.05, 4.69) is 6.58 Å². The van der Waals surface area contributed by atoms with Crippen LogP contribution in [0, 0.1) is 0 Å². The van der Waals surface area contributed by atoms with Gasteiger partial charge in [0.15, 0.2) is 0 Å². The van der Waals surface area contributed by atoms with E-state index in [4.69, 9.17) is 23.7 Å². The summed E-state index contributed by atoms with van der Waals surface area (Å²) in [5, 5.41) is 0. The summed E-state index contributed by atoms with van der Waals surface area (Å²) in [5.41, 5.74) is 2.67. The molecule has 4 rings (SSSR count). The van der Waals surface area contributed by atoms with Gasteiger partial charge in [0.2, 0.25) is 6.79 Å². The van der Waals surface area contributed by atoms with Crippen LogP contribution in [0.3, 0.4) is 0 Å². The zero-order chi connectivity index (χ0) is 23.9. The van der Waals surface area contributed by atoms with E-state index < -0.39 is 11.9 Å². The normalized spacial score (nSPS) is 14.1. The van der Waals surface area contributed by atoms with Crippen LogP contribution in [-0.2, 0) is 14.3 Å². The molecule has 7 heteroatoms. The quantitative estimate of drug-likeness (QED) is 0.141. The summed E-state index contributed by atoms with van der Waals surface area (Å²) < 4.78 is 26.4. The Hall–Kier alpha value is -4.10. The lowest BCUT2D eigenvalue weighted by Gasteiger charge is -2.09. The van der Waals surface area contributed by atoms with Gasteiger partial charge in [-0.05, 0) is 66.6 Å². The average molecular weight is 460 g/mol. The first-order valence-electron chi connectivity index (χ1n) is 10.7. The summed E-state index contributed by atoms with van der Waals surface area (Å²) in [6.07, 6.45) is 0.222. The smallest absolute Gasteiger partial charge is 0.343 e. The molecule has 0 aliphatic carbocycles. The second-order valence-electron chi connectivity index (χ2n) is 7.70. The molecular formula is C27H24O7. The summed E-state index contributed by atoms with van der Waals surface area (Å²) in [4.78, 5) is 23.8. The van der Waals surface area contributed by atoms with Crippen LogP contribution in [0.15, 0.2) is 84.9 Å². The number of carbonyl (C=O) groups excluding carboxylic acids is 2. The van der Waals surface area contributed by atoms with Gasteiger partial charge in [0, 0.05) is 5.57 Å². The monoisotopic (exact) mass is 460 g/mol. The number of hydrogen-bond acceptors (Lipinski definition) is 7. The lowest BCUT2D eigenvalue weighted by molar-refractivity contribution is -0.145. The summed E-state index contributed by atoms with van der Waals surface area (Å²) in [6, 6.07) is 21.4. The Morgan fingerprint density at radius 3 is 1.94 bits per heavy atom. The third-order valence-electron chi connectivity index (χ3n) is 4.94. The maximum Gasteiger partial charge on any atom is 0.343 e. The minimum Gasteiger partial charge on any atom is -0.491 e. The molecular weight excluding hydrogens is 436 g/mol. The maximum absolute atomic E-state index is 12.4. The Labute approximate surface area is 197 Å². The average Bonchev–Trinajstić information content (AvgIpc) is 3.68. The molecule has 1 aliphatic heterocycles. The van der Waals surface area contributed by atoms with Gasteiger partial charge >= 0.3 is 11.9 Å². The van der Waals surface area contributed by atoms with E-state index in [-0.39, 0.29) is 18.5 Å². The molecule has 1 saturated heterocycles. The first-order chi connectivity index (χ1) is 16.5. The van der Waals surface area contributed by atoms with E-state index in [1.54, 1.807) is 43.3 Å². The third kappa shape index (κ3) is 6.46. The topological polar surface area (TPSA) is 83.6 Å². The molecule has 0 bridgehead atoms. The molecule has 7 nitrogen and oxygen atoms in total. The number of benzene rings is 3. The van der Waals surface area contributed by atoms with Crippen molar-refractivity contribution in [3.8, 4) is 28.4 Å². The Morgan fingerprint density at radius 1 is 0.853 bits per heavy atom. The number of epoxide rings is 1. The van der Waals surface area contributed by atoms with Crippen LogP contribution in [0.2, 0.25) is 0 Å². The molecule has 174 valence electrons. The molecule has 0 saturated carbocycles. The summed E-state index contributed by atoms with van der Waals surface area (Å²) in [5.74, 6) is 0.665. The van der Waals surface area contributed by atoms with Gasteiger partial charge in [0.1, 0.15) is 30.0 Å². The fourth-order valence-corrected chi connectivity index (χ4v) is 2.94. The molecule has 1 aliphatic rings. The van der Waals surface area contributed by atoms with Crippen molar-refractivity contribution >= 4 is 11.9 Å². The predicted octanol–water partition coefficient (Wildman–Crippen LogP) is 4.81. The van der Waals surface area contributed by atoms with Gasteiger partial charge in [-0.2, -0.15) is 0 Å². The van der Waals surface area contributed by atoms with E-state index >= 15 is 0 Å². The SMILES string of the molecule is C=C(C)C(=O)OCOc1ccc(C(=O)Oc2ccc(-c3ccc(OCC4CO4)cc3)cc2)cc1. The van der Waals surface area contributed by atoms with Gasteiger partial charge in [-0.25, -0.2) is 9.59 Å². The van der Waals surface area contributed by atoms with Gasteiger partial charge in [-0.15, -0.1) is 0 Å². The van der Waals surface area contributed by atoms with E-state index in [0.29, 0.717) is 23.7 Å². The van der Waals surface area contributed by atoms with Crippen LogP contribution < -0.4 is 14.2 Å². The molecule has 1 unspecified atom stereocenters. The zero-order valence-corrected chi connectivity index (χ0v) is 18.7. The minimum absolute atomic E-state index is 0.222. The molecule has 1 heterocycles. The van der Waals surface area contributed by atoms with E-state index in [1.165, 1.54) is 0 Å². The second-order valence-corrected chi connectivity index (χ2v) is 7.70. The molecule has 1 fully saturated rings. The van der Waals surface area contributed by atoms with Crippen LogP contribution in [-0.4, -0.2) is 38.0 Å². The van der Waals surface area contributed by atoms with Crippen molar-refractivity contribution in [3.05, 3.63) is 90.5 Å². The predicted molar refractivity (Wildman–Crippen MR) is 125 cm³/mol. The molecule has 0 spiro atoms. The first-order valence-corrected chi connectivity index (χ1v) is 10.7. The van der Waals surface area contributed by atoms with Crippen molar-refractivity contribution in [3.63, 3.8) is 0 Å². The van der Waals surface area contributed by atoms with Crippen molar-refractivity contribution in [1.82, 2.24) is 0 Å². The highest BCUT2D eigenvalue weighted by atomic mass is 16.7. The molecule has 0 radical (unpaired) electrons. The van der Waals surface area contributed by atoms with Crippen LogP contribution in [0.5, 0.6) is 17.2 Å². The molecule has 34 heavy (non-hydrogen) atoms. The second kappa shape index (κ2) is 10.7. The standard InChI is InChI=1S/C27H24O7/c1-18(2)26(28)33-17-32-23-11-7-21(8-12-23)27(29)34-24-13-5-20(6-14-24)19-3-9-22(10-4-19)30-15-25-16-31-25/h3-14,25H,1,15-17H2,2H3. The Morgan fingerprint density at radius 2 is 1.38 bits per heavy atom. The van der Waals surface area contributed by atoms with Crippen molar-refractivity contribution in [1.29, 1.82) is 0 Å². The van der Waals surface area contributed by atoms with E-state index in [0.717, 1.165) is 23.5 Å². The lowest BCUT2D eigenvalue weighted by Crippen LogP contribution is -2.11. The fourth-order valence-electron chi connectivity index (χ4n) is 2.94. The highest BCUT2D eigenvalue weighted by Gasteiger charge is 2.23. The largest absolute Gasteiger partial charge is 0.491 e. The molecule has 0 amide bonds. The Balaban J connectivity index is 1.28. The number of ether oxygens (including phenoxy) is 5. The number of esters is 2. The number of rotatable bonds is 10. The Kier molecular flexibility index (Phi) is 7.25. The summed E-state index contributed by atoms with van der Waals surface area (Å²) >= 11 is 0. The van der Waals surface area contributed by atoms with Crippen LogP contribution in [0.4, 0.5) is 0 Å². The fraction of sp³-hybridized carbons (Fsp3) is 0.185. The summed E-state index contributed by atoms with van der Waals surface area (Å²) in [6.45, 7) is 6.14. The van der Waals surface area contributed by atoms with Crippen LogP contribution in [0.25, 0.3) is 11.1 Å². The van der Waals surface area contributed by atoms with Gasteiger partial charge < -0.3 is 23.7 Å².